The highest BCUT2D eigenvalue weighted by Gasteiger charge is 2.51. The minimum absolute atomic E-state index is 0.0184. The van der Waals surface area contributed by atoms with Crippen LogP contribution in [0.2, 0.25) is 0 Å². The van der Waals surface area contributed by atoms with Gasteiger partial charge in [0.25, 0.3) is 12.4 Å². The lowest BCUT2D eigenvalue weighted by Crippen LogP contribution is -2.71. The Morgan fingerprint density at radius 2 is 2.07 bits per heavy atom. The smallest absolute Gasteiger partial charge is 0.315 e. The molecule has 4 amide bonds. The molecular weight excluding hydrogens is 396 g/mol. The molecule has 3 fully saturated rings. The van der Waals surface area contributed by atoms with Crippen LogP contribution in [0.1, 0.15) is 29.9 Å². The summed E-state index contributed by atoms with van der Waals surface area (Å²) < 4.78 is 1.61. The number of urea groups is 1. The summed E-state index contributed by atoms with van der Waals surface area (Å²) in [5.74, 6) is -0.320. The average molecular weight is 422 g/mol. The molecule has 0 bridgehead atoms. The number of rotatable bonds is 3. The zero-order valence-corrected chi connectivity index (χ0v) is 16.6. The van der Waals surface area contributed by atoms with Gasteiger partial charge in [0.15, 0.2) is 5.82 Å². The molecule has 2 aliphatic heterocycles. The Labute approximate surface area is 172 Å². The first-order chi connectivity index (χ1) is 14.3. The van der Waals surface area contributed by atoms with Gasteiger partial charge >= 0.3 is 6.03 Å². The number of aliphatic hydroxyl groups excluding tert-OH is 1. The minimum Gasteiger partial charge on any atom is -0.483 e. The van der Waals surface area contributed by atoms with E-state index in [0.29, 0.717) is 38.9 Å². The van der Waals surface area contributed by atoms with E-state index in [1.165, 1.54) is 6.20 Å². The van der Waals surface area contributed by atoms with Crippen LogP contribution in [0, 0.1) is 5.92 Å². The molecule has 4 rings (SSSR count). The predicted octanol–water partition coefficient (Wildman–Crippen LogP) is -1.73. The van der Waals surface area contributed by atoms with Gasteiger partial charge in [0.05, 0.1) is 17.7 Å². The van der Waals surface area contributed by atoms with Gasteiger partial charge in [0, 0.05) is 45.0 Å². The Balaban J connectivity index is 0.000000806. The number of likely N-dealkylation sites (tertiary alicyclic amines) is 1. The van der Waals surface area contributed by atoms with Gasteiger partial charge in [-0.05, 0) is 19.3 Å². The van der Waals surface area contributed by atoms with E-state index in [1.54, 1.807) is 22.7 Å². The lowest BCUT2D eigenvalue weighted by Gasteiger charge is -2.48. The summed E-state index contributed by atoms with van der Waals surface area (Å²) >= 11 is 0. The lowest BCUT2D eigenvalue weighted by molar-refractivity contribution is -0.145. The van der Waals surface area contributed by atoms with Gasteiger partial charge in [-0.25, -0.2) is 9.78 Å². The largest absolute Gasteiger partial charge is 0.483 e. The predicted molar refractivity (Wildman–Crippen MR) is 102 cm³/mol. The molecule has 0 unspecified atom stereocenters. The van der Waals surface area contributed by atoms with Gasteiger partial charge in [0.2, 0.25) is 5.91 Å². The molecule has 3 heterocycles. The number of carbonyl (C=O) groups excluding carboxylic acids is 3. The molecule has 164 valence electrons. The van der Waals surface area contributed by atoms with Crippen molar-refractivity contribution in [3.05, 3.63) is 18.2 Å². The van der Waals surface area contributed by atoms with E-state index in [2.05, 4.69) is 20.9 Å². The molecule has 0 aromatic carbocycles. The fourth-order valence-electron chi connectivity index (χ4n) is 4.22. The van der Waals surface area contributed by atoms with Crippen LogP contribution in [0.15, 0.2) is 12.4 Å². The maximum atomic E-state index is 12.8. The first kappa shape index (κ1) is 21.6. The summed E-state index contributed by atoms with van der Waals surface area (Å²) in [6.45, 7) is 1.27. The fraction of sp³-hybridized carbons (Fsp3) is 0.611. The number of nitrogens with zero attached hydrogens (tertiary/aromatic N) is 3. The first-order valence-corrected chi connectivity index (χ1v) is 9.67. The monoisotopic (exact) mass is 422 g/mol. The molecule has 1 aromatic heterocycles. The third kappa shape index (κ3) is 4.37. The number of carbonyl (C=O) groups is 4. The Bertz CT molecular complexity index is 820. The SMILES string of the molecule is Cn1ccnc1C(=O)N[C@@H]1C[C@@H](C(=O)N2CC3(CNC(=O)N3)C2)CC[C@H]1O.O=CO. The zero-order chi connectivity index (χ0) is 21.9. The molecule has 30 heavy (non-hydrogen) atoms. The van der Waals surface area contributed by atoms with E-state index < -0.39 is 12.1 Å². The van der Waals surface area contributed by atoms with Crippen LogP contribution in [0.5, 0.6) is 0 Å². The van der Waals surface area contributed by atoms with E-state index in [9.17, 15) is 19.5 Å². The fourth-order valence-corrected chi connectivity index (χ4v) is 4.22. The summed E-state index contributed by atoms with van der Waals surface area (Å²) in [5.41, 5.74) is -0.341. The number of aromatic nitrogens is 2. The van der Waals surface area contributed by atoms with Crippen LogP contribution in [-0.4, -0.2) is 86.3 Å². The van der Waals surface area contributed by atoms with Crippen LogP contribution < -0.4 is 16.0 Å². The summed E-state index contributed by atoms with van der Waals surface area (Å²) in [5, 5.41) is 25.6. The summed E-state index contributed by atoms with van der Waals surface area (Å²) in [7, 11) is 1.72. The van der Waals surface area contributed by atoms with Crippen molar-refractivity contribution in [1.82, 2.24) is 30.4 Å². The van der Waals surface area contributed by atoms with Crippen LogP contribution >= 0.6 is 0 Å². The molecule has 1 aliphatic carbocycles. The van der Waals surface area contributed by atoms with Crippen molar-refractivity contribution < 1.29 is 29.4 Å². The van der Waals surface area contributed by atoms with Gasteiger partial charge in [0.1, 0.15) is 0 Å². The highest BCUT2D eigenvalue weighted by Crippen LogP contribution is 2.31. The average Bonchev–Trinajstić information content (AvgIpc) is 3.28. The number of imidazole rings is 1. The molecular formula is C18H26N6O6. The van der Waals surface area contributed by atoms with Crippen LogP contribution in [0.25, 0.3) is 0 Å². The molecule has 3 atom stereocenters. The molecule has 1 spiro atoms. The maximum absolute atomic E-state index is 12.8. The number of carboxylic acid groups (broad SMARTS) is 1. The van der Waals surface area contributed by atoms with Crippen LogP contribution in [-0.2, 0) is 16.6 Å². The lowest BCUT2D eigenvalue weighted by atomic mass is 9.81. The second-order valence-electron chi connectivity index (χ2n) is 7.91. The van der Waals surface area contributed by atoms with Crippen LogP contribution in [0.4, 0.5) is 4.79 Å². The van der Waals surface area contributed by atoms with E-state index in [-0.39, 0.29) is 41.6 Å². The summed E-state index contributed by atoms with van der Waals surface area (Å²) in [4.78, 5) is 50.6. The topological polar surface area (TPSA) is 166 Å². The second-order valence-corrected chi connectivity index (χ2v) is 7.91. The molecule has 12 nitrogen and oxygen atoms in total. The van der Waals surface area contributed by atoms with Crippen molar-refractivity contribution in [3.63, 3.8) is 0 Å². The van der Waals surface area contributed by atoms with E-state index in [0.717, 1.165) is 0 Å². The second kappa shape index (κ2) is 8.69. The third-order valence-electron chi connectivity index (χ3n) is 5.77. The highest BCUT2D eigenvalue weighted by molar-refractivity contribution is 5.91. The van der Waals surface area contributed by atoms with Crippen molar-refractivity contribution in [2.24, 2.45) is 13.0 Å². The molecule has 1 saturated carbocycles. The molecule has 0 radical (unpaired) electrons. The molecule has 12 heteroatoms. The van der Waals surface area contributed by atoms with Crippen molar-refractivity contribution in [3.8, 4) is 0 Å². The first-order valence-electron chi connectivity index (χ1n) is 9.67. The number of aryl methyl sites for hydroxylation is 1. The Morgan fingerprint density at radius 3 is 2.63 bits per heavy atom. The number of aliphatic hydroxyl groups is 1. The van der Waals surface area contributed by atoms with Crippen molar-refractivity contribution in [2.75, 3.05) is 19.6 Å². The van der Waals surface area contributed by atoms with E-state index in [1.807, 2.05) is 0 Å². The maximum Gasteiger partial charge on any atom is 0.315 e. The van der Waals surface area contributed by atoms with Gasteiger partial charge in [-0.3, -0.25) is 14.4 Å². The highest BCUT2D eigenvalue weighted by atomic mass is 16.3. The molecule has 3 aliphatic rings. The normalized spacial score (nSPS) is 26.5. The molecule has 1 aromatic rings. The van der Waals surface area contributed by atoms with E-state index >= 15 is 0 Å². The van der Waals surface area contributed by atoms with Gasteiger partial charge in [-0.15, -0.1) is 0 Å². The number of hydrogen-bond donors (Lipinski definition) is 5. The van der Waals surface area contributed by atoms with Crippen molar-refractivity contribution in [2.45, 2.75) is 36.9 Å². The molecule has 5 N–H and O–H groups in total. The third-order valence-corrected chi connectivity index (χ3v) is 5.77. The zero-order valence-electron chi connectivity index (χ0n) is 16.6. The van der Waals surface area contributed by atoms with Gasteiger partial charge < -0.3 is 35.6 Å². The minimum atomic E-state index is -0.681. The summed E-state index contributed by atoms with van der Waals surface area (Å²) in [6.07, 6.45) is 3.97. The van der Waals surface area contributed by atoms with Crippen molar-refractivity contribution >= 4 is 24.3 Å². The van der Waals surface area contributed by atoms with Crippen LogP contribution in [0.3, 0.4) is 0 Å². The van der Waals surface area contributed by atoms with Gasteiger partial charge in [-0.1, -0.05) is 0 Å². The summed E-state index contributed by atoms with van der Waals surface area (Å²) in [6, 6.07) is -0.681. The Kier molecular flexibility index (Phi) is 6.25. The number of hydrogen-bond acceptors (Lipinski definition) is 6. The number of nitrogens with one attached hydrogen (secondary N) is 3. The van der Waals surface area contributed by atoms with Gasteiger partial charge in [-0.2, -0.15) is 0 Å². The Hall–Kier alpha value is -3.15. The number of amides is 4. The van der Waals surface area contributed by atoms with E-state index in [4.69, 9.17) is 9.90 Å². The quantitative estimate of drug-likeness (QED) is 0.361. The molecule has 2 saturated heterocycles. The standard InChI is InChI=1S/C17H24N6O4.CH2O2/c1-22-5-4-18-13(22)14(25)20-11-6-10(2-3-12(11)24)15(26)23-8-17(9-23)7-19-16(27)21-17;2-1-3/h4-5,10-12,24H,2-3,6-9H2,1H3,(H,20,25)(H2,19,21,27);1H,(H,2,3)/t10-,11+,12+;/m0./s1. The van der Waals surface area contributed by atoms with Crippen molar-refractivity contribution in [1.29, 1.82) is 0 Å². The Morgan fingerprint density at radius 1 is 1.37 bits per heavy atom.